The third-order valence-electron chi connectivity index (χ3n) is 3.50. The van der Waals surface area contributed by atoms with Gasteiger partial charge >= 0.3 is 0 Å². The van der Waals surface area contributed by atoms with Crippen molar-refractivity contribution in [2.75, 3.05) is 6.54 Å². The number of benzene rings is 1. The highest BCUT2D eigenvalue weighted by molar-refractivity contribution is 5.34. The zero-order chi connectivity index (χ0) is 10.7. The summed E-state index contributed by atoms with van der Waals surface area (Å²) in [6.07, 6.45) is 4.95. The second-order valence-electron chi connectivity index (χ2n) is 4.77. The van der Waals surface area contributed by atoms with Gasteiger partial charge in [0.25, 0.3) is 0 Å². The Labute approximate surface area is 92.9 Å². The summed E-state index contributed by atoms with van der Waals surface area (Å²) < 4.78 is 0. The van der Waals surface area contributed by atoms with E-state index in [1.807, 2.05) is 0 Å². The molecule has 0 saturated heterocycles. The average Bonchev–Trinajstić information content (AvgIpc) is 2.40. The predicted octanol–water partition coefficient (Wildman–Crippen LogP) is 3.24. The molecule has 0 unspecified atom stereocenters. The summed E-state index contributed by atoms with van der Waals surface area (Å²) in [6.45, 7) is 5.76. The van der Waals surface area contributed by atoms with E-state index in [1.165, 1.54) is 31.2 Å². The van der Waals surface area contributed by atoms with Gasteiger partial charge in [-0.3, -0.25) is 0 Å². The summed E-state index contributed by atoms with van der Waals surface area (Å²) in [5.41, 5.74) is 3.25. The normalized spacial score (nSPS) is 25.7. The summed E-state index contributed by atoms with van der Waals surface area (Å²) >= 11 is 0. The van der Waals surface area contributed by atoms with E-state index in [9.17, 15) is 0 Å². The van der Waals surface area contributed by atoms with Crippen molar-refractivity contribution in [1.29, 1.82) is 0 Å². The molecule has 82 valence electrons. The molecule has 1 N–H and O–H groups in total. The summed E-state index contributed by atoms with van der Waals surface area (Å²) in [5.74, 6) is 0. The van der Waals surface area contributed by atoms with E-state index >= 15 is 0 Å². The summed E-state index contributed by atoms with van der Waals surface area (Å²) in [4.78, 5) is 0. The Balaban J connectivity index is 2.40. The molecule has 0 amide bonds. The number of hydrogen-bond acceptors (Lipinski definition) is 1. The zero-order valence-corrected chi connectivity index (χ0v) is 9.84. The first-order valence-electron chi connectivity index (χ1n) is 6.10. The highest BCUT2D eigenvalue weighted by Crippen LogP contribution is 2.31. The van der Waals surface area contributed by atoms with Crippen molar-refractivity contribution in [3.63, 3.8) is 0 Å². The third kappa shape index (κ3) is 2.07. The highest BCUT2D eigenvalue weighted by atomic mass is 15.0. The molecule has 0 saturated carbocycles. The van der Waals surface area contributed by atoms with Crippen LogP contribution in [0.2, 0.25) is 0 Å². The lowest BCUT2D eigenvalue weighted by atomic mass is 9.85. The van der Waals surface area contributed by atoms with Gasteiger partial charge in [-0.2, -0.15) is 0 Å². The molecule has 0 radical (unpaired) electrons. The molecule has 1 nitrogen and oxygen atoms in total. The van der Waals surface area contributed by atoms with Crippen LogP contribution in [0.1, 0.15) is 44.2 Å². The molecule has 2 rings (SSSR count). The van der Waals surface area contributed by atoms with Gasteiger partial charge in [-0.1, -0.05) is 37.6 Å². The third-order valence-corrected chi connectivity index (χ3v) is 3.50. The smallest absolute Gasteiger partial charge is 0.0408 e. The van der Waals surface area contributed by atoms with Crippen LogP contribution < -0.4 is 5.32 Å². The topological polar surface area (TPSA) is 12.0 Å². The minimum absolute atomic E-state index is 0.196. The first-order valence-corrected chi connectivity index (χ1v) is 6.10. The molecule has 0 aliphatic carbocycles. The monoisotopic (exact) mass is 203 g/mol. The molecule has 0 bridgehead atoms. The lowest BCUT2D eigenvalue weighted by molar-refractivity contribution is 0.343. The quantitative estimate of drug-likeness (QED) is 0.778. The van der Waals surface area contributed by atoms with Gasteiger partial charge in [0, 0.05) is 5.54 Å². The van der Waals surface area contributed by atoms with Crippen LogP contribution in [0.25, 0.3) is 0 Å². The van der Waals surface area contributed by atoms with Crippen LogP contribution in [0, 0.1) is 0 Å². The summed E-state index contributed by atoms with van der Waals surface area (Å²) in [6, 6.07) is 8.91. The maximum atomic E-state index is 3.72. The van der Waals surface area contributed by atoms with Gasteiger partial charge in [0.1, 0.15) is 0 Å². The lowest BCUT2D eigenvalue weighted by Gasteiger charge is -2.31. The van der Waals surface area contributed by atoms with Crippen molar-refractivity contribution in [3.05, 3.63) is 35.4 Å². The molecule has 1 aliphatic rings. The minimum atomic E-state index is 0.196. The van der Waals surface area contributed by atoms with Crippen LogP contribution in [0.5, 0.6) is 0 Å². The Hall–Kier alpha value is -0.820. The molecule has 0 spiro atoms. The van der Waals surface area contributed by atoms with Crippen molar-refractivity contribution >= 4 is 0 Å². The Morgan fingerprint density at radius 1 is 1.33 bits per heavy atom. The first kappa shape index (κ1) is 10.7. The fraction of sp³-hybridized carbons (Fsp3) is 0.571. The maximum absolute atomic E-state index is 3.72. The van der Waals surface area contributed by atoms with Gasteiger partial charge in [-0.05, 0) is 43.9 Å². The van der Waals surface area contributed by atoms with Crippen molar-refractivity contribution in [2.45, 2.75) is 45.1 Å². The van der Waals surface area contributed by atoms with Crippen LogP contribution in [-0.4, -0.2) is 6.54 Å². The number of fused-ring (bicyclic) bond motifs is 1. The highest BCUT2D eigenvalue weighted by Gasteiger charge is 2.28. The number of rotatable bonds is 2. The molecule has 15 heavy (non-hydrogen) atoms. The van der Waals surface area contributed by atoms with Crippen molar-refractivity contribution < 1.29 is 0 Å². The van der Waals surface area contributed by atoms with Crippen molar-refractivity contribution in [3.8, 4) is 0 Å². The Bertz CT molecular complexity index is 332. The number of nitrogens with one attached hydrogen (secondary N) is 1. The van der Waals surface area contributed by atoms with Gasteiger partial charge in [0.15, 0.2) is 0 Å². The second kappa shape index (κ2) is 4.36. The number of hydrogen-bond donors (Lipinski definition) is 1. The van der Waals surface area contributed by atoms with Gasteiger partial charge in [0.05, 0.1) is 0 Å². The van der Waals surface area contributed by atoms with Crippen LogP contribution in [0.15, 0.2) is 24.3 Å². The Kier molecular flexibility index (Phi) is 3.11. The van der Waals surface area contributed by atoms with Crippen LogP contribution in [0.3, 0.4) is 0 Å². The minimum Gasteiger partial charge on any atom is -0.308 e. The van der Waals surface area contributed by atoms with E-state index in [0.29, 0.717) is 0 Å². The summed E-state index contributed by atoms with van der Waals surface area (Å²) in [7, 11) is 0. The van der Waals surface area contributed by atoms with Gasteiger partial charge in [0.2, 0.25) is 0 Å². The van der Waals surface area contributed by atoms with Crippen LogP contribution >= 0.6 is 0 Å². The zero-order valence-electron chi connectivity index (χ0n) is 9.84. The van der Waals surface area contributed by atoms with Crippen molar-refractivity contribution in [2.24, 2.45) is 0 Å². The molecule has 0 fully saturated rings. The first-order chi connectivity index (χ1) is 7.26. The fourth-order valence-electron chi connectivity index (χ4n) is 2.74. The Morgan fingerprint density at radius 2 is 2.13 bits per heavy atom. The van der Waals surface area contributed by atoms with Crippen LogP contribution in [0.4, 0.5) is 0 Å². The van der Waals surface area contributed by atoms with E-state index in [-0.39, 0.29) is 5.54 Å². The summed E-state index contributed by atoms with van der Waals surface area (Å²) in [5, 5.41) is 3.72. The Morgan fingerprint density at radius 3 is 2.93 bits per heavy atom. The number of aryl methyl sites for hydroxylation is 1. The second-order valence-corrected chi connectivity index (χ2v) is 4.77. The largest absolute Gasteiger partial charge is 0.308 e. The van der Waals surface area contributed by atoms with Gasteiger partial charge < -0.3 is 5.32 Å². The van der Waals surface area contributed by atoms with E-state index < -0.39 is 0 Å². The molecule has 1 atom stereocenters. The standard InChI is InChI=1S/C14H21N/c1-3-10-14(2)13-9-5-4-7-12(13)8-6-11-15-14/h4-5,7,9,15H,3,6,8,10-11H2,1-2H3/t14-/m0/s1. The van der Waals surface area contributed by atoms with E-state index in [4.69, 9.17) is 0 Å². The average molecular weight is 203 g/mol. The van der Waals surface area contributed by atoms with Gasteiger partial charge in [-0.25, -0.2) is 0 Å². The lowest BCUT2D eigenvalue weighted by Crippen LogP contribution is -2.39. The molecule has 1 aromatic rings. The molecule has 1 heteroatoms. The van der Waals surface area contributed by atoms with Crippen LogP contribution in [-0.2, 0) is 12.0 Å². The molecule has 1 aromatic carbocycles. The molecular formula is C14H21N. The van der Waals surface area contributed by atoms with Gasteiger partial charge in [-0.15, -0.1) is 0 Å². The SMILES string of the molecule is CCC[C@]1(C)NCCCc2ccccc21. The maximum Gasteiger partial charge on any atom is 0.0408 e. The molecule has 1 aliphatic heterocycles. The van der Waals surface area contributed by atoms with E-state index in [1.54, 1.807) is 5.56 Å². The van der Waals surface area contributed by atoms with E-state index in [2.05, 4.69) is 43.4 Å². The molecular weight excluding hydrogens is 182 g/mol. The van der Waals surface area contributed by atoms with E-state index in [0.717, 1.165) is 6.54 Å². The fourth-order valence-corrected chi connectivity index (χ4v) is 2.74. The molecule has 0 aromatic heterocycles. The predicted molar refractivity (Wildman–Crippen MR) is 65.0 cm³/mol. The molecule has 1 heterocycles. The van der Waals surface area contributed by atoms with Crippen molar-refractivity contribution in [1.82, 2.24) is 5.32 Å².